The molecule has 1 unspecified atom stereocenters. The summed E-state index contributed by atoms with van der Waals surface area (Å²) in [7, 11) is 0. The van der Waals surface area contributed by atoms with Crippen LogP contribution in [0.1, 0.15) is 17.4 Å². The summed E-state index contributed by atoms with van der Waals surface area (Å²) in [5.41, 5.74) is 1.73. The largest absolute Gasteiger partial charge is 0.465 e. The van der Waals surface area contributed by atoms with Gasteiger partial charge in [0.15, 0.2) is 0 Å². The molecule has 1 aromatic rings. The van der Waals surface area contributed by atoms with E-state index in [1.165, 1.54) is 4.90 Å². The van der Waals surface area contributed by atoms with Crippen LogP contribution in [-0.4, -0.2) is 40.7 Å². The molecule has 1 amide bonds. The monoisotopic (exact) mass is 221 g/mol. The fourth-order valence-corrected chi connectivity index (χ4v) is 1.95. The highest BCUT2D eigenvalue weighted by molar-refractivity contribution is 5.66. The fourth-order valence-electron chi connectivity index (χ4n) is 1.95. The molecule has 5 nitrogen and oxygen atoms in total. The van der Waals surface area contributed by atoms with Crippen LogP contribution in [0.2, 0.25) is 0 Å². The van der Waals surface area contributed by atoms with Crippen molar-refractivity contribution in [1.29, 1.82) is 0 Å². The van der Waals surface area contributed by atoms with Crippen LogP contribution in [0, 0.1) is 6.92 Å². The number of piperazine rings is 1. The predicted molar refractivity (Wildman–Crippen MR) is 59.3 cm³/mol. The van der Waals surface area contributed by atoms with Gasteiger partial charge >= 0.3 is 6.09 Å². The Labute approximate surface area is 94.1 Å². The summed E-state index contributed by atoms with van der Waals surface area (Å²) in [6, 6.07) is 5.52. The van der Waals surface area contributed by atoms with Gasteiger partial charge in [-0.3, -0.25) is 9.88 Å². The number of aryl methyl sites for hydroxylation is 1. The normalized spacial score (nSPS) is 20.8. The van der Waals surface area contributed by atoms with Gasteiger partial charge in [-0.05, 0) is 19.1 Å². The van der Waals surface area contributed by atoms with Gasteiger partial charge in [-0.15, -0.1) is 0 Å². The van der Waals surface area contributed by atoms with Crippen LogP contribution in [0.3, 0.4) is 0 Å². The quantitative estimate of drug-likeness (QED) is 0.743. The Bertz CT molecular complexity index is 395. The molecule has 1 atom stereocenters. The maximum Gasteiger partial charge on any atom is 0.407 e. The van der Waals surface area contributed by atoms with E-state index >= 15 is 0 Å². The number of carbonyl (C=O) groups is 1. The number of hydrogen-bond acceptors (Lipinski definition) is 3. The lowest BCUT2D eigenvalue weighted by atomic mass is 10.1. The number of rotatable bonds is 1. The minimum absolute atomic E-state index is 0.175. The first kappa shape index (κ1) is 10.9. The summed E-state index contributed by atoms with van der Waals surface area (Å²) < 4.78 is 0. The van der Waals surface area contributed by atoms with E-state index in [0.717, 1.165) is 11.4 Å². The van der Waals surface area contributed by atoms with Gasteiger partial charge in [0.25, 0.3) is 0 Å². The molecular weight excluding hydrogens is 206 g/mol. The highest BCUT2D eigenvalue weighted by Crippen LogP contribution is 2.20. The molecule has 86 valence electrons. The van der Waals surface area contributed by atoms with Crippen LogP contribution in [0.25, 0.3) is 0 Å². The molecule has 1 fully saturated rings. The SMILES string of the molecule is Cc1cccc(C2CNCCN2C(=O)O)n1. The molecular formula is C11H15N3O2. The van der Waals surface area contributed by atoms with Crippen LogP contribution in [0.4, 0.5) is 4.79 Å². The van der Waals surface area contributed by atoms with Crippen molar-refractivity contribution in [3.63, 3.8) is 0 Å². The smallest absolute Gasteiger partial charge is 0.407 e. The fraction of sp³-hybridized carbons (Fsp3) is 0.455. The first-order valence-corrected chi connectivity index (χ1v) is 5.32. The van der Waals surface area contributed by atoms with Crippen molar-refractivity contribution in [3.8, 4) is 0 Å². The van der Waals surface area contributed by atoms with Gasteiger partial charge in [-0.2, -0.15) is 0 Å². The average molecular weight is 221 g/mol. The Morgan fingerprint density at radius 2 is 2.44 bits per heavy atom. The molecule has 0 bridgehead atoms. The van der Waals surface area contributed by atoms with Crippen LogP contribution >= 0.6 is 0 Å². The van der Waals surface area contributed by atoms with E-state index in [0.29, 0.717) is 19.6 Å². The molecule has 1 aliphatic heterocycles. The van der Waals surface area contributed by atoms with Crippen molar-refractivity contribution in [2.45, 2.75) is 13.0 Å². The Hall–Kier alpha value is -1.62. The lowest BCUT2D eigenvalue weighted by molar-refractivity contribution is 0.111. The van der Waals surface area contributed by atoms with E-state index in [-0.39, 0.29) is 6.04 Å². The number of hydrogen-bond donors (Lipinski definition) is 2. The van der Waals surface area contributed by atoms with Crippen molar-refractivity contribution in [2.24, 2.45) is 0 Å². The maximum atomic E-state index is 11.1. The molecule has 0 saturated carbocycles. The second-order valence-corrected chi connectivity index (χ2v) is 3.90. The second-order valence-electron chi connectivity index (χ2n) is 3.90. The molecule has 1 aliphatic rings. The number of nitrogens with zero attached hydrogens (tertiary/aromatic N) is 2. The number of pyridine rings is 1. The molecule has 2 rings (SSSR count). The summed E-state index contributed by atoms with van der Waals surface area (Å²) in [6.07, 6.45) is -0.880. The molecule has 16 heavy (non-hydrogen) atoms. The van der Waals surface area contributed by atoms with Gasteiger partial charge in [0.05, 0.1) is 11.7 Å². The highest BCUT2D eigenvalue weighted by atomic mass is 16.4. The van der Waals surface area contributed by atoms with E-state index in [1.54, 1.807) is 0 Å². The Kier molecular flexibility index (Phi) is 3.05. The summed E-state index contributed by atoms with van der Waals surface area (Å²) in [5.74, 6) is 0. The maximum absolute atomic E-state index is 11.1. The molecule has 0 radical (unpaired) electrons. The van der Waals surface area contributed by atoms with Gasteiger partial charge in [0.1, 0.15) is 0 Å². The third-order valence-corrected chi connectivity index (χ3v) is 2.74. The minimum atomic E-state index is -0.880. The highest BCUT2D eigenvalue weighted by Gasteiger charge is 2.28. The van der Waals surface area contributed by atoms with Crippen molar-refractivity contribution in [3.05, 3.63) is 29.6 Å². The van der Waals surface area contributed by atoms with E-state index in [9.17, 15) is 4.79 Å². The van der Waals surface area contributed by atoms with Crippen molar-refractivity contribution < 1.29 is 9.90 Å². The summed E-state index contributed by atoms with van der Waals surface area (Å²) in [6.45, 7) is 3.75. The number of amides is 1. The second kappa shape index (κ2) is 4.49. The Balaban J connectivity index is 2.26. The molecule has 1 saturated heterocycles. The number of carboxylic acid groups (broad SMARTS) is 1. The van der Waals surface area contributed by atoms with Crippen molar-refractivity contribution >= 4 is 6.09 Å². The van der Waals surface area contributed by atoms with Crippen molar-refractivity contribution in [1.82, 2.24) is 15.2 Å². The van der Waals surface area contributed by atoms with Gasteiger partial charge < -0.3 is 10.4 Å². The molecule has 2 heterocycles. The van der Waals surface area contributed by atoms with Gasteiger partial charge in [0, 0.05) is 25.3 Å². The number of nitrogens with one attached hydrogen (secondary N) is 1. The summed E-state index contributed by atoms with van der Waals surface area (Å²) in [5, 5.41) is 12.3. The van der Waals surface area contributed by atoms with Gasteiger partial charge in [-0.1, -0.05) is 6.07 Å². The lowest BCUT2D eigenvalue weighted by Gasteiger charge is -2.33. The van der Waals surface area contributed by atoms with Crippen LogP contribution < -0.4 is 5.32 Å². The predicted octanol–water partition coefficient (Wildman–Crippen LogP) is 1.01. The molecule has 0 aromatic carbocycles. The third-order valence-electron chi connectivity index (χ3n) is 2.74. The van der Waals surface area contributed by atoms with E-state index in [2.05, 4.69) is 10.3 Å². The molecule has 5 heteroatoms. The molecule has 2 N–H and O–H groups in total. The van der Waals surface area contributed by atoms with E-state index in [4.69, 9.17) is 5.11 Å². The zero-order chi connectivity index (χ0) is 11.5. The summed E-state index contributed by atoms with van der Waals surface area (Å²) in [4.78, 5) is 16.9. The lowest BCUT2D eigenvalue weighted by Crippen LogP contribution is -2.48. The standard InChI is InChI=1S/C11H15N3O2/c1-8-3-2-4-9(13-8)10-7-12-5-6-14(10)11(15)16/h2-4,10,12H,5-7H2,1H3,(H,15,16). The van der Waals surface area contributed by atoms with Crippen LogP contribution in [-0.2, 0) is 0 Å². The Morgan fingerprint density at radius 3 is 3.12 bits per heavy atom. The Morgan fingerprint density at radius 1 is 1.62 bits per heavy atom. The third kappa shape index (κ3) is 2.14. The van der Waals surface area contributed by atoms with E-state index in [1.807, 2.05) is 25.1 Å². The zero-order valence-electron chi connectivity index (χ0n) is 9.18. The van der Waals surface area contributed by atoms with Gasteiger partial charge in [-0.25, -0.2) is 4.79 Å². The average Bonchev–Trinajstić information content (AvgIpc) is 2.29. The van der Waals surface area contributed by atoms with Crippen molar-refractivity contribution in [2.75, 3.05) is 19.6 Å². The first-order valence-electron chi connectivity index (χ1n) is 5.32. The van der Waals surface area contributed by atoms with E-state index < -0.39 is 6.09 Å². The topological polar surface area (TPSA) is 65.5 Å². The van der Waals surface area contributed by atoms with Crippen LogP contribution in [0.5, 0.6) is 0 Å². The molecule has 0 aliphatic carbocycles. The number of aromatic nitrogens is 1. The summed E-state index contributed by atoms with van der Waals surface area (Å²) >= 11 is 0. The minimum Gasteiger partial charge on any atom is -0.465 e. The molecule has 1 aromatic heterocycles. The van der Waals surface area contributed by atoms with Gasteiger partial charge in [0.2, 0.25) is 0 Å². The van der Waals surface area contributed by atoms with Crippen LogP contribution in [0.15, 0.2) is 18.2 Å². The zero-order valence-corrected chi connectivity index (χ0v) is 9.18. The first-order chi connectivity index (χ1) is 7.68. The molecule has 0 spiro atoms.